The van der Waals surface area contributed by atoms with Gasteiger partial charge in [0.25, 0.3) is 5.91 Å². The fourth-order valence-electron chi connectivity index (χ4n) is 2.98. The van der Waals surface area contributed by atoms with Gasteiger partial charge in [0.15, 0.2) is 10.4 Å². The van der Waals surface area contributed by atoms with Crippen LogP contribution >= 0.6 is 15.9 Å². The number of halogens is 1. The van der Waals surface area contributed by atoms with Crippen LogP contribution in [0.4, 0.5) is 5.69 Å². The molecule has 2 amide bonds. The van der Waals surface area contributed by atoms with Crippen LogP contribution in [0.5, 0.6) is 11.5 Å². The van der Waals surface area contributed by atoms with Crippen LogP contribution in [0.1, 0.15) is 21.7 Å². The number of carbonyl (C=O) groups is 2. The third-order valence-electron chi connectivity index (χ3n) is 4.58. The zero-order chi connectivity index (χ0) is 22.2. The number of furan rings is 1. The number of benzene rings is 2. The number of methoxy groups -OCH3 is 2. The number of hydrogen-bond donors (Lipinski definition) is 2. The Labute approximate surface area is 188 Å². The van der Waals surface area contributed by atoms with E-state index in [4.69, 9.17) is 13.9 Å². The summed E-state index contributed by atoms with van der Waals surface area (Å²) in [4.78, 5) is 24.4. The van der Waals surface area contributed by atoms with Crippen molar-refractivity contribution >= 4 is 33.4 Å². The predicted molar refractivity (Wildman–Crippen MR) is 121 cm³/mol. The number of ether oxygens (including phenoxy) is 2. The van der Waals surface area contributed by atoms with E-state index in [-0.39, 0.29) is 24.0 Å². The van der Waals surface area contributed by atoms with Gasteiger partial charge >= 0.3 is 0 Å². The van der Waals surface area contributed by atoms with Crippen molar-refractivity contribution in [3.63, 3.8) is 0 Å². The highest BCUT2D eigenvalue weighted by atomic mass is 79.9. The zero-order valence-electron chi connectivity index (χ0n) is 17.2. The van der Waals surface area contributed by atoms with E-state index in [1.807, 2.05) is 18.2 Å². The summed E-state index contributed by atoms with van der Waals surface area (Å²) in [6.45, 7) is 0.494. The summed E-state index contributed by atoms with van der Waals surface area (Å²) >= 11 is 3.17. The maximum absolute atomic E-state index is 12.3. The fourth-order valence-corrected chi connectivity index (χ4v) is 3.28. The molecule has 0 atom stereocenters. The predicted octanol–water partition coefficient (Wildman–Crippen LogP) is 4.21. The van der Waals surface area contributed by atoms with E-state index in [0.29, 0.717) is 23.3 Å². The number of carbonyl (C=O) groups excluding carboxylic acids is 2. The molecule has 162 valence electrons. The topological polar surface area (TPSA) is 89.8 Å². The molecule has 3 aromatic rings. The minimum absolute atomic E-state index is 0.0790. The molecule has 0 fully saturated rings. The Hall–Kier alpha value is -3.26. The minimum atomic E-state index is -0.342. The maximum atomic E-state index is 12.3. The maximum Gasteiger partial charge on any atom is 0.291 e. The average molecular weight is 487 g/mol. The minimum Gasteiger partial charge on any atom is -0.497 e. The smallest absolute Gasteiger partial charge is 0.291 e. The third-order valence-corrected chi connectivity index (χ3v) is 5.01. The van der Waals surface area contributed by atoms with E-state index in [9.17, 15) is 9.59 Å². The zero-order valence-corrected chi connectivity index (χ0v) is 18.8. The van der Waals surface area contributed by atoms with Crippen LogP contribution < -0.4 is 20.1 Å². The van der Waals surface area contributed by atoms with Gasteiger partial charge in [0.05, 0.1) is 20.6 Å². The molecule has 0 aliphatic rings. The summed E-state index contributed by atoms with van der Waals surface area (Å²) in [5, 5.41) is 5.67. The second-order valence-corrected chi connectivity index (χ2v) is 7.49. The van der Waals surface area contributed by atoms with E-state index < -0.39 is 0 Å². The highest BCUT2D eigenvalue weighted by Gasteiger charge is 2.11. The molecule has 0 bridgehead atoms. The molecule has 0 saturated carbocycles. The van der Waals surface area contributed by atoms with Crippen LogP contribution in [0, 0.1) is 0 Å². The summed E-state index contributed by atoms with van der Waals surface area (Å²) in [7, 11) is 3.21. The van der Waals surface area contributed by atoms with Gasteiger partial charge in [-0.15, -0.1) is 0 Å². The van der Waals surface area contributed by atoms with Crippen LogP contribution in [-0.4, -0.2) is 32.6 Å². The van der Waals surface area contributed by atoms with Gasteiger partial charge in [-0.05, 0) is 63.8 Å². The molecule has 7 nitrogen and oxygen atoms in total. The van der Waals surface area contributed by atoms with E-state index in [1.165, 1.54) is 0 Å². The van der Waals surface area contributed by atoms with Crippen LogP contribution in [-0.2, 0) is 17.6 Å². The summed E-state index contributed by atoms with van der Waals surface area (Å²) in [5.41, 5.74) is 2.46. The first-order valence-electron chi connectivity index (χ1n) is 9.61. The molecule has 0 unspecified atom stereocenters. The Balaban J connectivity index is 1.47. The van der Waals surface area contributed by atoms with Crippen molar-refractivity contribution in [1.82, 2.24) is 5.32 Å². The molecular formula is C23H23BrN2O5. The third kappa shape index (κ3) is 6.36. The van der Waals surface area contributed by atoms with Crippen molar-refractivity contribution in [3.05, 3.63) is 76.2 Å². The molecule has 2 aromatic carbocycles. The van der Waals surface area contributed by atoms with E-state index in [1.54, 1.807) is 50.6 Å². The summed E-state index contributed by atoms with van der Waals surface area (Å²) in [6, 6.07) is 16.0. The monoisotopic (exact) mass is 486 g/mol. The molecule has 0 aliphatic carbocycles. The Morgan fingerprint density at radius 3 is 2.42 bits per heavy atom. The standard InChI is InChI=1S/C23H23BrN2O5/c1-29-18-8-5-16(20(14-18)30-2)11-12-25-22(27)13-15-3-6-17(7-4-15)26-23(28)19-9-10-21(24)31-19/h3-10,14H,11-13H2,1-2H3,(H,25,27)(H,26,28). The van der Waals surface area contributed by atoms with Gasteiger partial charge in [0, 0.05) is 18.3 Å². The van der Waals surface area contributed by atoms with Crippen molar-refractivity contribution in [1.29, 1.82) is 0 Å². The lowest BCUT2D eigenvalue weighted by atomic mass is 10.1. The second kappa shape index (κ2) is 10.7. The first kappa shape index (κ1) is 22.4. The van der Waals surface area contributed by atoms with Gasteiger partial charge in [-0.25, -0.2) is 0 Å². The molecule has 0 radical (unpaired) electrons. The number of amides is 2. The normalized spacial score (nSPS) is 10.4. The van der Waals surface area contributed by atoms with Crippen molar-refractivity contribution in [3.8, 4) is 11.5 Å². The molecule has 1 aromatic heterocycles. The van der Waals surface area contributed by atoms with Gasteiger partial charge in [0.2, 0.25) is 5.91 Å². The first-order valence-corrected chi connectivity index (χ1v) is 10.4. The summed E-state index contributed by atoms with van der Waals surface area (Å²) in [5.74, 6) is 1.24. The molecule has 8 heteroatoms. The van der Waals surface area contributed by atoms with E-state index >= 15 is 0 Å². The van der Waals surface area contributed by atoms with Crippen LogP contribution in [0.2, 0.25) is 0 Å². The SMILES string of the molecule is COc1ccc(CCNC(=O)Cc2ccc(NC(=O)c3ccc(Br)o3)cc2)c(OC)c1. The lowest BCUT2D eigenvalue weighted by Gasteiger charge is -2.11. The van der Waals surface area contributed by atoms with Gasteiger partial charge < -0.3 is 24.5 Å². The quantitative estimate of drug-likeness (QED) is 0.472. The molecule has 0 spiro atoms. The molecule has 31 heavy (non-hydrogen) atoms. The fraction of sp³-hybridized carbons (Fsp3) is 0.217. The average Bonchev–Trinajstić information content (AvgIpc) is 3.21. The largest absolute Gasteiger partial charge is 0.497 e. The van der Waals surface area contributed by atoms with Crippen LogP contribution in [0.15, 0.2) is 63.7 Å². The number of nitrogens with one attached hydrogen (secondary N) is 2. The van der Waals surface area contributed by atoms with E-state index in [2.05, 4.69) is 26.6 Å². The van der Waals surface area contributed by atoms with Crippen molar-refractivity contribution in [2.45, 2.75) is 12.8 Å². The van der Waals surface area contributed by atoms with Gasteiger partial charge in [-0.1, -0.05) is 18.2 Å². The van der Waals surface area contributed by atoms with Crippen LogP contribution in [0.25, 0.3) is 0 Å². The molecule has 0 aliphatic heterocycles. The molecule has 1 heterocycles. The van der Waals surface area contributed by atoms with Crippen molar-refractivity contribution in [2.75, 3.05) is 26.1 Å². The van der Waals surface area contributed by atoms with Gasteiger partial charge in [-0.2, -0.15) is 0 Å². The summed E-state index contributed by atoms with van der Waals surface area (Å²) in [6.07, 6.45) is 0.895. The van der Waals surface area contributed by atoms with Crippen molar-refractivity contribution in [2.24, 2.45) is 0 Å². The lowest BCUT2D eigenvalue weighted by Crippen LogP contribution is -2.27. The number of rotatable bonds is 9. The Bertz CT molecular complexity index is 1050. The van der Waals surface area contributed by atoms with Gasteiger partial charge in [-0.3, -0.25) is 9.59 Å². The Kier molecular flexibility index (Phi) is 7.72. The van der Waals surface area contributed by atoms with Crippen LogP contribution in [0.3, 0.4) is 0 Å². The Morgan fingerprint density at radius 1 is 1.00 bits per heavy atom. The van der Waals surface area contributed by atoms with Crippen molar-refractivity contribution < 1.29 is 23.5 Å². The molecular weight excluding hydrogens is 464 g/mol. The first-order chi connectivity index (χ1) is 15.0. The molecule has 0 saturated heterocycles. The van der Waals surface area contributed by atoms with E-state index in [0.717, 1.165) is 22.6 Å². The van der Waals surface area contributed by atoms with Gasteiger partial charge in [0.1, 0.15) is 11.5 Å². The highest BCUT2D eigenvalue weighted by molar-refractivity contribution is 9.10. The molecule has 2 N–H and O–H groups in total. The second-order valence-electron chi connectivity index (χ2n) is 6.71. The number of anilines is 1. The Morgan fingerprint density at radius 2 is 1.77 bits per heavy atom. The summed E-state index contributed by atoms with van der Waals surface area (Å²) < 4.78 is 16.3. The lowest BCUT2D eigenvalue weighted by molar-refractivity contribution is -0.120. The molecule has 3 rings (SSSR count). The highest BCUT2D eigenvalue weighted by Crippen LogP contribution is 2.24. The number of hydrogen-bond acceptors (Lipinski definition) is 5.